The normalized spacial score (nSPS) is 20.0. The number of carbonyl (C=O) groups is 2. The summed E-state index contributed by atoms with van der Waals surface area (Å²) in [6.45, 7) is 3.83. The SMILES string of the molecule is Cc1ccc2nc(-c3ccc(NC(=O)C4(C)CC(=O)N=C5C=CC=CN54)cc3)sc2c1. The first kappa shape index (κ1) is 19.4. The van der Waals surface area contributed by atoms with E-state index < -0.39 is 5.54 Å². The highest BCUT2D eigenvalue weighted by Crippen LogP contribution is 2.32. The maximum absolute atomic E-state index is 13.2. The number of fused-ring (bicyclic) bond motifs is 2. The molecule has 0 fully saturated rings. The minimum absolute atomic E-state index is 0.0176. The minimum atomic E-state index is -1.04. The van der Waals surface area contributed by atoms with E-state index in [1.807, 2.05) is 36.4 Å². The molecule has 2 aliphatic rings. The lowest BCUT2D eigenvalue weighted by Crippen LogP contribution is -2.58. The quantitative estimate of drug-likeness (QED) is 0.657. The molecular weight excluding hydrogens is 408 g/mol. The van der Waals surface area contributed by atoms with Gasteiger partial charge >= 0.3 is 0 Å². The summed E-state index contributed by atoms with van der Waals surface area (Å²) < 4.78 is 1.16. The predicted octanol–water partition coefficient (Wildman–Crippen LogP) is 4.68. The van der Waals surface area contributed by atoms with Crippen LogP contribution in [0.1, 0.15) is 18.9 Å². The van der Waals surface area contributed by atoms with Crippen LogP contribution < -0.4 is 5.32 Å². The van der Waals surface area contributed by atoms with Gasteiger partial charge in [0.05, 0.1) is 16.6 Å². The Labute approximate surface area is 183 Å². The summed E-state index contributed by atoms with van der Waals surface area (Å²) in [6.07, 6.45) is 7.16. The van der Waals surface area contributed by atoms with Crippen LogP contribution >= 0.6 is 11.3 Å². The van der Waals surface area contributed by atoms with E-state index in [9.17, 15) is 9.59 Å². The van der Waals surface area contributed by atoms with Gasteiger partial charge in [-0.15, -0.1) is 11.3 Å². The van der Waals surface area contributed by atoms with Crippen molar-refractivity contribution in [3.8, 4) is 10.6 Å². The number of aliphatic imine (C=N–C) groups is 1. The van der Waals surface area contributed by atoms with Crippen LogP contribution in [0.2, 0.25) is 0 Å². The van der Waals surface area contributed by atoms with Crippen LogP contribution in [0.3, 0.4) is 0 Å². The van der Waals surface area contributed by atoms with Gasteiger partial charge in [0.1, 0.15) is 16.4 Å². The number of amidine groups is 1. The predicted molar refractivity (Wildman–Crippen MR) is 124 cm³/mol. The second-order valence-electron chi connectivity index (χ2n) is 7.91. The van der Waals surface area contributed by atoms with E-state index in [0.29, 0.717) is 11.5 Å². The van der Waals surface area contributed by atoms with Crippen molar-refractivity contribution in [2.24, 2.45) is 4.99 Å². The second kappa shape index (κ2) is 7.28. The monoisotopic (exact) mass is 428 g/mol. The number of nitrogens with one attached hydrogen (secondary N) is 1. The summed E-state index contributed by atoms with van der Waals surface area (Å²) in [7, 11) is 0. The average molecular weight is 429 g/mol. The van der Waals surface area contributed by atoms with Gasteiger partial charge in [0.2, 0.25) is 0 Å². The Balaban J connectivity index is 1.37. The fourth-order valence-electron chi connectivity index (χ4n) is 3.80. The molecule has 5 rings (SSSR count). The van der Waals surface area contributed by atoms with Crippen LogP contribution in [0, 0.1) is 6.92 Å². The largest absolute Gasteiger partial charge is 0.324 e. The Morgan fingerprint density at radius 2 is 1.97 bits per heavy atom. The lowest BCUT2D eigenvalue weighted by molar-refractivity contribution is -0.130. The molecule has 3 heterocycles. The van der Waals surface area contributed by atoms with Crippen molar-refractivity contribution in [1.82, 2.24) is 9.88 Å². The Hall–Kier alpha value is -3.58. The summed E-state index contributed by atoms with van der Waals surface area (Å²) in [5, 5.41) is 3.89. The number of hydrogen-bond donors (Lipinski definition) is 1. The number of amides is 2. The highest BCUT2D eigenvalue weighted by atomic mass is 32.1. The van der Waals surface area contributed by atoms with E-state index in [2.05, 4.69) is 29.4 Å². The number of carbonyl (C=O) groups excluding carboxylic acids is 2. The van der Waals surface area contributed by atoms with Gasteiger partial charge in [0.25, 0.3) is 11.8 Å². The fourth-order valence-corrected chi connectivity index (χ4v) is 4.87. The number of nitrogens with zero attached hydrogens (tertiary/aromatic N) is 3. The second-order valence-corrected chi connectivity index (χ2v) is 8.94. The summed E-state index contributed by atoms with van der Waals surface area (Å²) in [5.41, 5.74) is 2.81. The van der Waals surface area contributed by atoms with Crippen LogP contribution in [-0.2, 0) is 9.59 Å². The molecule has 0 spiro atoms. The number of benzene rings is 2. The van der Waals surface area contributed by atoms with Gasteiger partial charge in [-0.3, -0.25) is 9.59 Å². The molecule has 2 aliphatic heterocycles. The molecule has 154 valence electrons. The summed E-state index contributed by atoms with van der Waals surface area (Å²) in [4.78, 5) is 35.8. The molecule has 1 unspecified atom stereocenters. The molecule has 2 aromatic carbocycles. The lowest BCUT2D eigenvalue weighted by atomic mass is 9.91. The van der Waals surface area contributed by atoms with Crippen LogP contribution in [0.5, 0.6) is 0 Å². The smallest absolute Gasteiger partial charge is 0.250 e. The fraction of sp³-hybridized carbons (Fsp3) is 0.167. The van der Waals surface area contributed by atoms with Crippen LogP contribution in [0.25, 0.3) is 20.8 Å². The van der Waals surface area contributed by atoms with Gasteiger partial charge in [-0.05, 0) is 68.0 Å². The zero-order valence-corrected chi connectivity index (χ0v) is 17.9. The third-order valence-electron chi connectivity index (χ3n) is 5.53. The van der Waals surface area contributed by atoms with Crippen molar-refractivity contribution >= 4 is 44.9 Å². The highest BCUT2D eigenvalue weighted by molar-refractivity contribution is 7.21. The van der Waals surface area contributed by atoms with Crippen molar-refractivity contribution in [1.29, 1.82) is 0 Å². The molecule has 0 saturated carbocycles. The Morgan fingerprint density at radius 1 is 1.16 bits per heavy atom. The van der Waals surface area contributed by atoms with E-state index in [1.54, 1.807) is 41.5 Å². The molecule has 0 radical (unpaired) electrons. The Kier molecular flexibility index (Phi) is 4.55. The van der Waals surface area contributed by atoms with E-state index in [0.717, 1.165) is 20.8 Å². The number of aromatic nitrogens is 1. The third-order valence-corrected chi connectivity index (χ3v) is 6.59. The molecule has 2 amide bonds. The first-order valence-corrected chi connectivity index (χ1v) is 10.8. The Bertz CT molecular complexity index is 1300. The maximum Gasteiger partial charge on any atom is 0.250 e. The van der Waals surface area contributed by atoms with Crippen molar-refractivity contribution in [2.45, 2.75) is 25.8 Å². The summed E-state index contributed by atoms with van der Waals surface area (Å²) in [5.74, 6) is -0.0699. The standard InChI is InChI=1S/C24H20N4O2S/c1-15-6-11-18-19(13-15)31-22(26-18)16-7-9-17(10-8-16)25-23(30)24(2)14-21(29)27-20-5-3-4-12-28(20)24/h3-13H,14H2,1-2H3,(H,25,30). The van der Waals surface area contributed by atoms with Crippen molar-refractivity contribution < 1.29 is 9.59 Å². The van der Waals surface area contributed by atoms with Gasteiger partial charge in [0.15, 0.2) is 0 Å². The van der Waals surface area contributed by atoms with Crippen molar-refractivity contribution in [2.75, 3.05) is 5.32 Å². The molecule has 7 heteroatoms. The Morgan fingerprint density at radius 3 is 2.77 bits per heavy atom. The molecule has 0 bridgehead atoms. The molecule has 3 aromatic rings. The van der Waals surface area contributed by atoms with Gasteiger partial charge < -0.3 is 10.2 Å². The van der Waals surface area contributed by atoms with Crippen molar-refractivity contribution in [3.05, 3.63) is 72.5 Å². The van der Waals surface area contributed by atoms with Gasteiger partial charge in [-0.25, -0.2) is 4.98 Å². The lowest BCUT2D eigenvalue weighted by Gasteiger charge is -2.41. The van der Waals surface area contributed by atoms with E-state index in [1.165, 1.54) is 5.56 Å². The molecular formula is C24H20N4O2S. The number of rotatable bonds is 3. The number of allylic oxidation sites excluding steroid dienone is 2. The van der Waals surface area contributed by atoms with E-state index >= 15 is 0 Å². The van der Waals surface area contributed by atoms with Crippen LogP contribution in [-0.4, -0.2) is 33.1 Å². The highest BCUT2D eigenvalue weighted by Gasteiger charge is 2.45. The number of aryl methyl sites for hydroxylation is 1. The molecule has 31 heavy (non-hydrogen) atoms. The first-order valence-electron chi connectivity index (χ1n) is 9.97. The van der Waals surface area contributed by atoms with Crippen LogP contribution in [0.4, 0.5) is 5.69 Å². The molecule has 1 aromatic heterocycles. The average Bonchev–Trinajstić information content (AvgIpc) is 3.17. The van der Waals surface area contributed by atoms with E-state index in [4.69, 9.17) is 4.98 Å². The number of hydrogen-bond acceptors (Lipinski definition) is 5. The number of anilines is 1. The minimum Gasteiger partial charge on any atom is -0.324 e. The van der Waals surface area contributed by atoms with Gasteiger partial charge in [-0.1, -0.05) is 12.1 Å². The molecule has 0 saturated heterocycles. The maximum atomic E-state index is 13.2. The molecule has 1 N–H and O–H groups in total. The molecule has 0 aliphatic carbocycles. The number of thiazole rings is 1. The van der Waals surface area contributed by atoms with E-state index in [-0.39, 0.29) is 18.2 Å². The summed E-state index contributed by atoms with van der Waals surface area (Å²) >= 11 is 1.65. The van der Waals surface area contributed by atoms with Gasteiger partial charge in [0, 0.05) is 17.5 Å². The van der Waals surface area contributed by atoms with Crippen LogP contribution in [0.15, 0.2) is 71.9 Å². The first-order chi connectivity index (χ1) is 14.9. The van der Waals surface area contributed by atoms with Crippen molar-refractivity contribution in [3.63, 3.8) is 0 Å². The third kappa shape index (κ3) is 3.47. The molecule has 1 atom stereocenters. The van der Waals surface area contributed by atoms with Gasteiger partial charge in [-0.2, -0.15) is 4.99 Å². The molecule has 6 nitrogen and oxygen atoms in total. The zero-order chi connectivity index (χ0) is 21.6. The zero-order valence-electron chi connectivity index (χ0n) is 17.1. The topological polar surface area (TPSA) is 74.7 Å². The summed E-state index contributed by atoms with van der Waals surface area (Å²) in [6, 6.07) is 13.9.